The first-order chi connectivity index (χ1) is 11.3. The number of carbonyl (C=O) groups excluding carboxylic acids is 2. The molecule has 1 heterocycles. The van der Waals surface area contributed by atoms with E-state index in [2.05, 4.69) is 27.5 Å². The fourth-order valence-corrected chi connectivity index (χ4v) is 3.52. The highest BCUT2D eigenvalue weighted by molar-refractivity contribution is 5.92. The first-order valence-electron chi connectivity index (χ1n) is 9.32. The molecule has 0 aromatic carbocycles. The van der Waals surface area contributed by atoms with Gasteiger partial charge in [-0.3, -0.25) is 14.5 Å². The van der Waals surface area contributed by atoms with Gasteiger partial charge < -0.3 is 15.5 Å². The third kappa shape index (κ3) is 5.18. The normalized spacial score (nSPS) is 22.3. The fourth-order valence-electron chi connectivity index (χ4n) is 3.52. The van der Waals surface area contributed by atoms with Crippen LogP contribution < -0.4 is 10.6 Å². The molecule has 0 unspecified atom stereocenters. The number of rotatable bonds is 6. The average Bonchev–Trinajstić information content (AvgIpc) is 3.05. The van der Waals surface area contributed by atoms with Gasteiger partial charge in [-0.15, -0.1) is 0 Å². The van der Waals surface area contributed by atoms with Gasteiger partial charge in [0.2, 0.25) is 11.8 Å². The summed E-state index contributed by atoms with van der Waals surface area (Å²) in [6.07, 6.45) is 4.94. The molecule has 0 bridgehead atoms. The molecule has 0 radical (unpaired) electrons. The number of nitrogens with zero attached hydrogens (tertiary/aromatic N) is 2. The van der Waals surface area contributed by atoms with Crippen LogP contribution in [-0.4, -0.2) is 73.0 Å². The van der Waals surface area contributed by atoms with Gasteiger partial charge >= 0.3 is 0 Å². The van der Waals surface area contributed by atoms with Crippen LogP contribution in [0.1, 0.15) is 46.5 Å². The van der Waals surface area contributed by atoms with Gasteiger partial charge in [0.15, 0.2) is 0 Å². The van der Waals surface area contributed by atoms with Gasteiger partial charge in [0.05, 0.1) is 6.04 Å². The Labute approximate surface area is 146 Å². The van der Waals surface area contributed by atoms with Crippen LogP contribution in [0.5, 0.6) is 0 Å². The van der Waals surface area contributed by atoms with Gasteiger partial charge in [-0.2, -0.15) is 0 Å². The summed E-state index contributed by atoms with van der Waals surface area (Å²) in [5.41, 5.74) is -0.878. The van der Waals surface area contributed by atoms with Crippen molar-refractivity contribution in [1.82, 2.24) is 20.4 Å². The predicted molar refractivity (Wildman–Crippen MR) is 95.7 cm³/mol. The highest BCUT2D eigenvalue weighted by Crippen LogP contribution is 2.23. The third-order valence-corrected chi connectivity index (χ3v) is 5.49. The number of carbonyl (C=O) groups is 2. The van der Waals surface area contributed by atoms with Gasteiger partial charge in [0.25, 0.3) is 0 Å². The van der Waals surface area contributed by atoms with Crippen LogP contribution in [-0.2, 0) is 9.59 Å². The average molecular weight is 338 g/mol. The SMILES string of the molecule is C[C@H](C(=O)NC(C)(C)C(=O)NCC1CCCC1)N1CCN(C)CC1. The Morgan fingerprint density at radius 3 is 2.29 bits per heavy atom. The molecule has 1 atom stereocenters. The third-order valence-electron chi connectivity index (χ3n) is 5.49. The minimum Gasteiger partial charge on any atom is -0.354 e. The molecule has 1 aliphatic heterocycles. The molecule has 2 aliphatic rings. The Balaban J connectivity index is 1.80. The van der Waals surface area contributed by atoms with E-state index >= 15 is 0 Å². The van der Waals surface area contributed by atoms with Crippen LogP contribution in [0.3, 0.4) is 0 Å². The van der Waals surface area contributed by atoms with E-state index in [-0.39, 0.29) is 17.9 Å². The van der Waals surface area contributed by atoms with Gasteiger partial charge in [-0.25, -0.2) is 0 Å². The zero-order valence-electron chi connectivity index (χ0n) is 15.7. The summed E-state index contributed by atoms with van der Waals surface area (Å²) in [5, 5.41) is 5.95. The molecule has 6 heteroatoms. The highest BCUT2D eigenvalue weighted by Gasteiger charge is 2.33. The minimum atomic E-state index is -0.878. The summed E-state index contributed by atoms with van der Waals surface area (Å²) in [6, 6.07) is -0.208. The van der Waals surface area contributed by atoms with E-state index in [0.29, 0.717) is 5.92 Å². The second-order valence-electron chi connectivity index (χ2n) is 7.99. The molecule has 2 amide bonds. The summed E-state index contributed by atoms with van der Waals surface area (Å²) in [6.45, 7) is 9.95. The second kappa shape index (κ2) is 8.30. The molecule has 2 rings (SSSR count). The van der Waals surface area contributed by atoms with E-state index in [0.717, 1.165) is 32.7 Å². The molecular formula is C18H34N4O2. The molecule has 0 aromatic rings. The number of nitrogens with one attached hydrogen (secondary N) is 2. The van der Waals surface area contributed by atoms with E-state index in [1.165, 1.54) is 25.7 Å². The standard InChI is InChI=1S/C18H34N4O2/c1-14(22-11-9-21(4)10-12-22)16(23)20-18(2,3)17(24)19-13-15-7-5-6-8-15/h14-15H,5-13H2,1-4H3,(H,19,24)(H,20,23)/t14-/m1/s1. The highest BCUT2D eigenvalue weighted by atomic mass is 16.2. The van der Waals surface area contributed by atoms with Crippen molar-refractivity contribution in [2.45, 2.75) is 58.0 Å². The maximum absolute atomic E-state index is 12.6. The second-order valence-corrected chi connectivity index (χ2v) is 7.99. The number of hydrogen-bond acceptors (Lipinski definition) is 4. The molecule has 1 aliphatic carbocycles. The molecule has 2 fully saturated rings. The molecule has 6 nitrogen and oxygen atoms in total. The molecule has 1 saturated heterocycles. The fraction of sp³-hybridized carbons (Fsp3) is 0.889. The predicted octanol–water partition coefficient (Wildman–Crippen LogP) is 0.824. The molecule has 138 valence electrons. The molecular weight excluding hydrogens is 304 g/mol. The van der Waals surface area contributed by atoms with Crippen LogP contribution in [0.15, 0.2) is 0 Å². The molecule has 0 aromatic heterocycles. The van der Waals surface area contributed by atoms with Crippen LogP contribution in [0.4, 0.5) is 0 Å². The summed E-state index contributed by atoms with van der Waals surface area (Å²) in [5.74, 6) is 0.443. The van der Waals surface area contributed by atoms with Crippen molar-refractivity contribution >= 4 is 11.8 Å². The zero-order chi connectivity index (χ0) is 17.7. The van der Waals surface area contributed by atoms with Crippen LogP contribution in [0, 0.1) is 5.92 Å². The van der Waals surface area contributed by atoms with Crippen LogP contribution in [0.25, 0.3) is 0 Å². The number of piperazine rings is 1. The molecule has 1 saturated carbocycles. The topological polar surface area (TPSA) is 64.7 Å². The lowest BCUT2D eigenvalue weighted by molar-refractivity contribution is -0.135. The van der Waals surface area contributed by atoms with Gasteiger partial charge in [-0.1, -0.05) is 12.8 Å². The van der Waals surface area contributed by atoms with Crippen molar-refractivity contribution in [1.29, 1.82) is 0 Å². The molecule has 24 heavy (non-hydrogen) atoms. The first kappa shape index (κ1) is 19.2. The smallest absolute Gasteiger partial charge is 0.245 e. The summed E-state index contributed by atoms with van der Waals surface area (Å²) < 4.78 is 0. The van der Waals surface area contributed by atoms with Crippen molar-refractivity contribution in [3.8, 4) is 0 Å². The number of hydrogen-bond donors (Lipinski definition) is 2. The van der Waals surface area contributed by atoms with E-state index < -0.39 is 5.54 Å². The Morgan fingerprint density at radius 1 is 1.12 bits per heavy atom. The Morgan fingerprint density at radius 2 is 1.71 bits per heavy atom. The summed E-state index contributed by atoms with van der Waals surface area (Å²) in [7, 11) is 2.10. The van der Waals surface area contributed by atoms with Gasteiger partial charge in [0.1, 0.15) is 5.54 Å². The Bertz CT molecular complexity index is 438. The number of amides is 2. The molecule has 0 spiro atoms. The van der Waals surface area contributed by atoms with Crippen molar-refractivity contribution < 1.29 is 9.59 Å². The first-order valence-corrected chi connectivity index (χ1v) is 9.32. The quantitative estimate of drug-likeness (QED) is 0.753. The summed E-state index contributed by atoms with van der Waals surface area (Å²) in [4.78, 5) is 29.5. The lowest BCUT2D eigenvalue weighted by atomic mass is 10.0. The Hall–Kier alpha value is -1.14. The Kier molecular flexibility index (Phi) is 6.63. The zero-order valence-corrected chi connectivity index (χ0v) is 15.7. The van der Waals surface area contributed by atoms with E-state index in [4.69, 9.17) is 0 Å². The lowest BCUT2D eigenvalue weighted by Gasteiger charge is -2.37. The maximum atomic E-state index is 12.6. The minimum absolute atomic E-state index is 0.0689. The monoisotopic (exact) mass is 338 g/mol. The van der Waals surface area contributed by atoms with E-state index in [1.54, 1.807) is 13.8 Å². The maximum Gasteiger partial charge on any atom is 0.245 e. The summed E-state index contributed by atoms with van der Waals surface area (Å²) >= 11 is 0. The van der Waals surface area contributed by atoms with Crippen molar-refractivity contribution in [3.63, 3.8) is 0 Å². The van der Waals surface area contributed by atoms with Gasteiger partial charge in [0, 0.05) is 32.7 Å². The number of likely N-dealkylation sites (N-methyl/N-ethyl adjacent to an activating group) is 1. The largest absolute Gasteiger partial charge is 0.354 e. The lowest BCUT2D eigenvalue weighted by Crippen LogP contribution is -2.60. The van der Waals surface area contributed by atoms with Crippen LogP contribution >= 0.6 is 0 Å². The molecule has 2 N–H and O–H groups in total. The van der Waals surface area contributed by atoms with Crippen molar-refractivity contribution in [2.75, 3.05) is 39.8 Å². The van der Waals surface area contributed by atoms with Crippen molar-refractivity contribution in [2.24, 2.45) is 5.92 Å². The van der Waals surface area contributed by atoms with Crippen LogP contribution in [0.2, 0.25) is 0 Å². The van der Waals surface area contributed by atoms with Crippen molar-refractivity contribution in [3.05, 3.63) is 0 Å². The van der Waals surface area contributed by atoms with Gasteiger partial charge in [-0.05, 0) is 46.6 Å². The van der Waals surface area contributed by atoms with E-state index in [9.17, 15) is 9.59 Å². The van der Waals surface area contributed by atoms with E-state index in [1.807, 2.05) is 6.92 Å².